The van der Waals surface area contributed by atoms with E-state index in [0.29, 0.717) is 13.1 Å². The smallest absolute Gasteiger partial charge is 0.387 e. The van der Waals surface area contributed by atoms with Gasteiger partial charge in [-0.15, -0.1) is 0 Å². The number of amides is 1. The lowest BCUT2D eigenvalue weighted by molar-refractivity contribution is -0.0502. The fourth-order valence-electron chi connectivity index (χ4n) is 2.34. The summed E-state index contributed by atoms with van der Waals surface area (Å²) in [4.78, 5) is 14.0. The Hall–Kier alpha value is -1.69. The van der Waals surface area contributed by atoms with Gasteiger partial charge < -0.3 is 15.4 Å². The van der Waals surface area contributed by atoms with Gasteiger partial charge in [0.2, 0.25) is 0 Å². The molecule has 0 aromatic heterocycles. The molecule has 1 fully saturated rings. The highest BCUT2D eigenvalue weighted by molar-refractivity contribution is 5.97. The lowest BCUT2D eigenvalue weighted by Crippen LogP contribution is -2.40. The van der Waals surface area contributed by atoms with Gasteiger partial charge >= 0.3 is 6.61 Å². The van der Waals surface area contributed by atoms with Crippen LogP contribution in [-0.4, -0.2) is 36.5 Å². The van der Waals surface area contributed by atoms with Gasteiger partial charge in [0.15, 0.2) is 0 Å². The molecule has 1 atom stereocenters. The van der Waals surface area contributed by atoms with Crippen molar-refractivity contribution in [1.82, 2.24) is 4.90 Å². The van der Waals surface area contributed by atoms with Crippen LogP contribution in [0.5, 0.6) is 5.75 Å². The zero-order valence-electron chi connectivity index (χ0n) is 10.4. The Bertz CT molecular complexity index is 454. The fourth-order valence-corrected chi connectivity index (χ4v) is 2.34. The maximum Gasteiger partial charge on any atom is 0.387 e. The summed E-state index contributed by atoms with van der Waals surface area (Å²) in [5.41, 5.74) is 5.77. The first kappa shape index (κ1) is 13.7. The number of alkyl halides is 2. The van der Waals surface area contributed by atoms with Gasteiger partial charge in [-0.3, -0.25) is 4.79 Å². The highest BCUT2D eigenvalue weighted by Crippen LogP contribution is 2.25. The van der Waals surface area contributed by atoms with Crippen molar-refractivity contribution >= 4 is 5.91 Å². The van der Waals surface area contributed by atoms with E-state index in [1.54, 1.807) is 17.0 Å². The Morgan fingerprint density at radius 3 is 2.89 bits per heavy atom. The first-order valence-electron chi connectivity index (χ1n) is 6.18. The predicted molar refractivity (Wildman–Crippen MR) is 66.2 cm³/mol. The number of likely N-dealkylation sites (tertiary alicyclic amines) is 1. The van der Waals surface area contributed by atoms with E-state index in [0.717, 1.165) is 12.8 Å². The van der Waals surface area contributed by atoms with Crippen molar-refractivity contribution in [2.75, 3.05) is 13.1 Å². The van der Waals surface area contributed by atoms with Crippen LogP contribution in [0.4, 0.5) is 8.78 Å². The quantitative estimate of drug-likeness (QED) is 0.908. The normalized spacial score (nSPS) is 18.9. The van der Waals surface area contributed by atoms with Crippen LogP contribution in [0.1, 0.15) is 23.2 Å². The Morgan fingerprint density at radius 2 is 2.21 bits per heavy atom. The van der Waals surface area contributed by atoms with Gasteiger partial charge in [0.05, 0.1) is 5.56 Å². The number of nitrogens with two attached hydrogens (primary N) is 1. The van der Waals surface area contributed by atoms with E-state index in [1.807, 2.05) is 0 Å². The molecular weight excluding hydrogens is 254 g/mol. The van der Waals surface area contributed by atoms with Crippen molar-refractivity contribution < 1.29 is 18.3 Å². The van der Waals surface area contributed by atoms with Crippen LogP contribution >= 0.6 is 0 Å². The van der Waals surface area contributed by atoms with Gasteiger partial charge in [-0.05, 0) is 25.0 Å². The summed E-state index contributed by atoms with van der Waals surface area (Å²) >= 11 is 0. The van der Waals surface area contributed by atoms with Gasteiger partial charge in [-0.1, -0.05) is 12.1 Å². The summed E-state index contributed by atoms with van der Waals surface area (Å²) in [6.45, 7) is -1.97. The first-order valence-corrected chi connectivity index (χ1v) is 6.18. The van der Waals surface area contributed by atoms with E-state index < -0.39 is 6.61 Å². The Balaban J connectivity index is 2.23. The van der Waals surface area contributed by atoms with Gasteiger partial charge in [0.25, 0.3) is 5.91 Å². The summed E-state index contributed by atoms with van der Waals surface area (Å²) < 4.78 is 29.0. The van der Waals surface area contributed by atoms with E-state index >= 15 is 0 Å². The Morgan fingerprint density at radius 1 is 1.47 bits per heavy atom. The number of nitrogens with zero attached hydrogens (tertiary/aromatic N) is 1. The maximum atomic E-state index is 12.4. The number of benzene rings is 1. The van der Waals surface area contributed by atoms with Crippen LogP contribution < -0.4 is 10.5 Å². The zero-order chi connectivity index (χ0) is 13.8. The third-order valence-corrected chi connectivity index (χ3v) is 3.24. The topological polar surface area (TPSA) is 55.6 Å². The number of para-hydroxylation sites is 1. The van der Waals surface area contributed by atoms with Gasteiger partial charge in [0, 0.05) is 19.1 Å². The molecule has 6 heteroatoms. The lowest BCUT2D eigenvalue weighted by Gasteiger charge is -2.24. The number of hydrogen-bond acceptors (Lipinski definition) is 3. The van der Waals surface area contributed by atoms with E-state index in [4.69, 9.17) is 5.73 Å². The van der Waals surface area contributed by atoms with Crippen molar-refractivity contribution in [3.05, 3.63) is 29.8 Å². The largest absolute Gasteiger partial charge is 0.434 e. The van der Waals surface area contributed by atoms with Crippen LogP contribution in [0.25, 0.3) is 0 Å². The molecule has 1 heterocycles. The third-order valence-electron chi connectivity index (χ3n) is 3.24. The minimum atomic E-state index is -2.95. The van der Waals surface area contributed by atoms with Crippen LogP contribution in [0.15, 0.2) is 24.3 Å². The van der Waals surface area contributed by atoms with Crippen molar-refractivity contribution in [1.29, 1.82) is 0 Å². The number of halogens is 2. The average molecular weight is 270 g/mol. The van der Waals surface area contributed by atoms with Gasteiger partial charge in [-0.25, -0.2) is 0 Å². The number of carbonyl (C=O) groups excluding carboxylic acids is 1. The highest BCUT2D eigenvalue weighted by Gasteiger charge is 2.30. The van der Waals surface area contributed by atoms with Crippen LogP contribution in [0.3, 0.4) is 0 Å². The van der Waals surface area contributed by atoms with E-state index in [1.165, 1.54) is 12.1 Å². The molecule has 4 nitrogen and oxygen atoms in total. The van der Waals surface area contributed by atoms with Crippen LogP contribution in [0.2, 0.25) is 0 Å². The third kappa shape index (κ3) is 3.01. The molecule has 1 amide bonds. The molecular formula is C13H16F2N2O2. The summed E-state index contributed by atoms with van der Waals surface area (Å²) in [5, 5.41) is 0. The molecule has 19 heavy (non-hydrogen) atoms. The minimum Gasteiger partial charge on any atom is -0.434 e. The number of carbonyl (C=O) groups is 1. The van der Waals surface area contributed by atoms with Crippen LogP contribution in [-0.2, 0) is 0 Å². The molecule has 104 valence electrons. The van der Waals surface area contributed by atoms with Gasteiger partial charge in [0.1, 0.15) is 5.75 Å². The Kier molecular flexibility index (Phi) is 4.31. The summed E-state index contributed by atoms with van der Waals surface area (Å²) in [6, 6.07) is 6.02. The molecule has 1 aromatic rings. The maximum absolute atomic E-state index is 12.4. The van der Waals surface area contributed by atoms with Crippen molar-refractivity contribution in [3.8, 4) is 5.75 Å². The standard InChI is InChI=1S/C13H16F2N2O2/c14-13(15)19-11-6-2-1-5-10(11)12(18)17-7-3-4-9(17)8-16/h1-2,5-6,9,13H,3-4,7-8,16H2. The van der Waals surface area contributed by atoms with Crippen molar-refractivity contribution in [2.45, 2.75) is 25.5 Å². The second-order valence-electron chi connectivity index (χ2n) is 4.40. The first-order chi connectivity index (χ1) is 9.13. The molecule has 2 rings (SSSR count). The second-order valence-corrected chi connectivity index (χ2v) is 4.40. The summed E-state index contributed by atoms with van der Waals surface area (Å²) in [5.74, 6) is -0.394. The average Bonchev–Trinajstić information content (AvgIpc) is 2.86. The molecule has 1 aliphatic rings. The molecule has 1 aliphatic heterocycles. The number of ether oxygens (including phenoxy) is 1. The molecule has 0 bridgehead atoms. The molecule has 1 unspecified atom stereocenters. The molecule has 0 saturated carbocycles. The van der Waals surface area contributed by atoms with E-state index in [-0.39, 0.29) is 23.3 Å². The van der Waals surface area contributed by atoms with Crippen molar-refractivity contribution in [2.24, 2.45) is 5.73 Å². The molecule has 1 aromatic carbocycles. The molecule has 0 spiro atoms. The fraction of sp³-hybridized carbons (Fsp3) is 0.462. The molecule has 2 N–H and O–H groups in total. The lowest BCUT2D eigenvalue weighted by atomic mass is 10.1. The highest BCUT2D eigenvalue weighted by atomic mass is 19.3. The molecule has 1 saturated heterocycles. The van der Waals surface area contributed by atoms with Crippen LogP contribution in [0, 0.1) is 0 Å². The van der Waals surface area contributed by atoms with E-state index in [2.05, 4.69) is 4.74 Å². The number of rotatable bonds is 4. The molecule has 0 radical (unpaired) electrons. The monoisotopic (exact) mass is 270 g/mol. The SMILES string of the molecule is NCC1CCCN1C(=O)c1ccccc1OC(F)F. The number of hydrogen-bond donors (Lipinski definition) is 1. The minimum absolute atomic E-state index is 0.0212. The Labute approximate surface area is 110 Å². The molecule has 0 aliphatic carbocycles. The summed E-state index contributed by atoms with van der Waals surface area (Å²) in [7, 11) is 0. The van der Waals surface area contributed by atoms with E-state index in [9.17, 15) is 13.6 Å². The second kappa shape index (κ2) is 5.97. The van der Waals surface area contributed by atoms with Gasteiger partial charge in [-0.2, -0.15) is 8.78 Å². The van der Waals surface area contributed by atoms with Crippen molar-refractivity contribution in [3.63, 3.8) is 0 Å². The zero-order valence-corrected chi connectivity index (χ0v) is 10.4. The predicted octanol–water partition coefficient (Wildman–Crippen LogP) is 1.85. The summed E-state index contributed by atoms with van der Waals surface area (Å²) in [6.07, 6.45) is 1.73.